The van der Waals surface area contributed by atoms with Crippen LogP contribution in [0.2, 0.25) is 0 Å². The molecule has 2 rings (SSSR count). The Bertz CT molecular complexity index is 384. The lowest BCUT2D eigenvalue weighted by atomic mass is 9.72. The summed E-state index contributed by atoms with van der Waals surface area (Å²) in [5, 5.41) is 3.41. The van der Waals surface area contributed by atoms with Crippen LogP contribution in [0.25, 0.3) is 0 Å². The molecule has 1 N–H and O–H groups in total. The van der Waals surface area contributed by atoms with Gasteiger partial charge in [0.1, 0.15) is 5.75 Å². The Morgan fingerprint density at radius 2 is 2.12 bits per heavy atom. The lowest BCUT2D eigenvalue weighted by molar-refractivity contribution is 0.259. The zero-order chi connectivity index (χ0) is 11.8. The SMILES string of the molecule is CNC1CC(C)(C)Cc2c(OC)cccc21. The molecule has 1 aromatic carbocycles. The minimum Gasteiger partial charge on any atom is -0.496 e. The van der Waals surface area contributed by atoms with E-state index in [9.17, 15) is 0 Å². The predicted molar refractivity (Wildman–Crippen MR) is 66.9 cm³/mol. The van der Waals surface area contributed by atoms with Gasteiger partial charge in [-0.1, -0.05) is 26.0 Å². The van der Waals surface area contributed by atoms with Crippen LogP contribution in [-0.2, 0) is 6.42 Å². The van der Waals surface area contributed by atoms with Crippen LogP contribution in [-0.4, -0.2) is 14.2 Å². The molecule has 0 fully saturated rings. The van der Waals surface area contributed by atoms with E-state index in [1.165, 1.54) is 17.5 Å². The largest absolute Gasteiger partial charge is 0.496 e. The van der Waals surface area contributed by atoms with Crippen molar-refractivity contribution >= 4 is 0 Å². The van der Waals surface area contributed by atoms with Gasteiger partial charge in [0, 0.05) is 6.04 Å². The van der Waals surface area contributed by atoms with E-state index < -0.39 is 0 Å². The van der Waals surface area contributed by atoms with Gasteiger partial charge < -0.3 is 10.1 Å². The Balaban J connectivity index is 2.49. The Kier molecular flexibility index (Phi) is 2.94. The number of ether oxygens (including phenoxy) is 1. The first-order chi connectivity index (χ1) is 7.57. The van der Waals surface area contributed by atoms with Crippen molar-refractivity contribution in [3.05, 3.63) is 29.3 Å². The zero-order valence-electron chi connectivity index (χ0n) is 10.6. The first kappa shape index (κ1) is 11.5. The minimum absolute atomic E-state index is 0.343. The van der Waals surface area contributed by atoms with E-state index in [2.05, 4.69) is 37.4 Å². The molecular weight excluding hydrogens is 198 g/mol. The third-order valence-corrected chi connectivity index (χ3v) is 3.53. The zero-order valence-corrected chi connectivity index (χ0v) is 10.6. The van der Waals surface area contributed by atoms with Crippen LogP contribution >= 0.6 is 0 Å². The molecule has 1 aliphatic carbocycles. The van der Waals surface area contributed by atoms with Gasteiger partial charge in [0.2, 0.25) is 0 Å². The number of hydrogen-bond acceptors (Lipinski definition) is 2. The summed E-state index contributed by atoms with van der Waals surface area (Å²) in [7, 11) is 3.79. The monoisotopic (exact) mass is 219 g/mol. The van der Waals surface area contributed by atoms with E-state index in [4.69, 9.17) is 4.74 Å². The van der Waals surface area contributed by atoms with Gasteiger partial charge in [0.15, 0.2) is 0 Å². The maximum atomic E-state index is 5.47. The number of benzene rings is 1. The van der Waals surface area contributed by atoms with Crippen molar-refractivity contribution in [1.29, 1.82) is 0 Å². The normalized spacial score (nSPS) is 22.6. The Morgan fingerprint density at radius 3 is 2.75 bits per heavy atom. The van der Waals surface area contributed by atoms with Crippen LogP contribution in [0, 0.1) is 5.41 Å². The number of methoxy groups -OCH3 is 1. The number of rotatable bonds is 2. The first-order valence-electron chi connectivity index (χ1n) is 5.90. The highest BCUT2D eigenvalue weighted by Crippen LogP contribution is 2.43. The molecule has 0 bridgehead atoms. The highest BCUT2D eigenvalue weighted by atomic mass is 16.5. The van der Waals surface area contributed by atoms with Gasteiger partial charge in [0.05, 0.1) is 7.11 Å². The number of nitrogens with one attached hydrogen (secondary N) is 1. The van der Waals surface area contributed by atoms with Gasteiger partial charge in [-0.05, 0) is 42.5 Å². The second-order valence-corrected chi connectivity index (χ2v) is 5.41. The lowest BCUT2D eigenvalue weighted by Gasteiger charge is -2.37. The van der Waals surface area contributed by atoms with Crippen molar-refractivity contribution in [2.45, 2.75) is 32.7 Å². The van der Waals surface area contributed by atoms with Gasteiger partial charge in [0.25, 0.3) is 0 Å². The van der Waals surface area contributed by atoms with Crippen molar-refractivity contribution in [3.63, 3.8) is 0 Å². The van der Waals surface area contributed by atoms with E-state index in [1.807, 2.05) is 7.05 Å². The minimum atomic E-state index is 0.343. The van der Waals surface area contributed by atoms with Crippen molar-refractivity contribution in [1.82, 2.24) is 5.32 Å². The molecule has 0 spiro atoms. The fraction of sp³-hybridized carbons (Fsp3) is 0.571. The standard InChI is InChI=1S/C14H21NO/c1-14(2)8-11-10(12(9-14)15-3)6-5-7-13(11)16-4/h5-7,12,15H,8-9H2,1-4H3. The van der Waals surface area contributed by atoms with Gasteiger partial charge >= 0.3 is 0 Å². The van der Waals surface area contributed by atoms with Crippen LogP contribution in [0.5, 0.6) is 5.75 Å². The van der Waals surface area contributed by atoms with Crippen LogP contribution in [0.3, 0.4) is 0 Å². The summed E-state index contributed by atoms with van der Waals surface area (Å²) >= 11 is 0. The van der Waals surface area contributed by atoms with Gasteiger partial charge in [-0.15, -0.1) is 0 Å². The first-order valence-corrected chi connectivity index (χ1v) is 5.90. The molecule has 0 radical (unpaired) electrons. The van der Waals surface area contributed by atoms with Gasteiger partial charge in [-0.2, -0.15) is 0 Å². The summed E-state index contributed by atoms with van der Waals surface area (Å²) in [6.07, 6.45) is 2.29. The average molecular weight is 219 g/mol. The lowest BCUT2D eigenvalue weighted by Crippen LogP contribution is -2.31. The van der Waals surface area contributed by atoms with E-state index >= 15 is 0 Å². The number of hydrogen-bond donors (Lipinski definition) is 1. The molecule has 2 nitrogen and oxygen atoms in total. The quantitative estimate of drug-likeness (QED) is 0.825. The van der Waals surface area contributed by atoms with Crippen molar-refractivity contribution in [2.75, 3.05) is 14.2 Å². The topological polar surface area (TPSA) is 21.3 Å². The summed E-state index contributed by atoms with van der Waals surface area (Å²) in [6.45, 7) is 4.65. The summed E-state index contributed by atoms with van der Waals surface area (Å²) < 4.78 is 5.47. The Morgan fingerprint density at radius 1 is 1.38 bits per heavy atom. The molecule has 1 aromatic rings. The van der Waals surface area contributed by atoms with Crippen LogP contribution in [0.1, 0.15) is 37.4 Å². The Hall–Kier alpha value is -1.02. The van der Waals surface area contributed by atoms with Crippen LogP contribution < -0.4 is 10.1 Å². The maximum absolute atomic E-state index is 5.47. The second-order valence-electron chi connectivity index (χ2n) is 5.41. The van der Waals surface area contributed by atoms with Crippen molar-refractivity contribution in [3.8, 4) is 5.75 Å². The maximum Gasteiger partial charge on any atom is 0.122 e. The van der Waals surface area contributed by atoms with Crippen molar-refractivity contribution < 1.29 is 4.74 Å². The van der Waals surface area contributed by atoms with Gasteiger partial charge in [-0.25, -0.2) is 0 Å². The van der Waals surface area contributed by atoms with Crippen molar-refractivity contribution in [2.24, 2.45) is 5.41 Å². The average Bonchev–Trinajstić information content (AvgIpc) is 2.26. The summed E-state index contributed by atoms with van der Waals surface area (Å²) in [6, 6.07) is 6.82. The molecule has 0 heterocycles. The smallest absolute Gasteiger partial charge is 0.122 e. The highest BCUT2D eigenvalue weighted by molar-refractivity contribution is 5.44. The predicted octanol–water partition coefficient (Wildman–Crippen LogP) is 2.93. The fourth-order valence-corrected chi connectivity index (χ4v) is 2.76. The molecule has 1 atom stereocenters. The molecule has 0 saturated heterocycles. The molecule has 0 amide bonds. The van der Waals surface area contributed by atoms with E-state index in [1.54, 1.807) is 7.11 Å². The molecular formula is C14H21NO. The van der Waals surface area contributed by atoms with Gasteiger partial charge in [-0.3, -0.25) is 0 Å². The molecule has 16 heavy (non-hydrogen) atoms. The Labute approximate surface area is 98.0 Å². The van der Waals surface area contributed by atoms with E-state index in [0.29, 0.717) is 11.5 Å². The molecule has 0 saturated carbocycles. The third kappa shape index (κ3) is 1.94. The highest BCUT2D eigenvalue weighted by Gasteiger charge is 2.32. The summed E-state index contributed by atoms with van der Waals surface area (Å²) in [5.74, 6) is 1.03. The number of fused-ring (bicyclic) bond motifs is 1. The fourth-order valence-electron chi connectivity index (χ4n) is 2.76. The summed E-state index contributed by atoms with van der Waals surface area (Å²) in [5.41, 5.74) is 3.12. The van der Waals surface area contributed by atoms with E-state index in [-0.39, 0.29) is 0 Å². The molecule has 0 aliphatic heterocycles. The molecule has 1 unspecified atom stereocenters. The summed E-state index contributed by atoms with van der Waals surface area (Å²) in [4.78, 5) is 0. The van der Waals surface area contributed by atoms with E-state index in [0.717, 1.165) is 12.2 Å². The molecule has 88 valence electrons. The molecule has 2 heteroatoms. The van der Waals surface area contributed by atoms with Crippen LogP contribution in [0.15, 0.2) is 18.2 Å². The molecule has 1 aliphatic rings. The van der Waals surface area contributed by atoms with Crippen LogP contribution in [0.4, 0.5) is 0 Å². The molecule has 0 aromatic heterocycles. The second kappa shape index (κ2) is 4.10. The third-order valence-electron chi connectivity index (χ3n) is 3.53.